The molecule has 6 rings (SSSR count). The summed E-state index contributed by atoms with van der Waals surface area (Å²) in [6.07, 6.45) is 0. The predicted molar refractivity (Wildman–Crippen MR) is 120 cm³/mol. The summed E-state index contributed by atoms with van der Waals surface area (Å²) >= 11 is 0. The van der Waals surface area contributed by atoms with Crippen LogP contribution >= 0.6 is 0 Å². The Hall–Kier alpha value is -4.17. The number of hydrogen-bond acceptors (Lipinski definition) is 8. The second kappa shape index (κ2) is 7.46. The van der Waals surface area contributed by atoms with Crippen molar-refractivity contribution in [2.45, 2.75) is 0 Å². The van der Waals surface area contributed by atoms with Gasteiger partial charge in [0.1, 0.15) is 5.52 Å². The van der Waals surface area contributed by atoms with Crippen LogP contribution in [0.1, 0.15) is 26.3 Å². The zero-order valence-electron chi connectivity index (χ0n) is 17.5. The highest BCUT2D eigenvalue weighted by molar-refractivity contribution is 6.29. The topological polar surface area (TPSA) is 108 Å². The maximum atomic E-state index is 13.6. The molecule has 0 bridgehead atoms. The van der Waals surface area contributed by atoms with Gasteiger partial charge in [-0.1, -0.05) is 47.6 Å². The van der Waals surface area contributed by atoms with Crippen molar-refractivity contribution in [2.75, 3.05) is 36.5 Å². The molecule has 1 fully saturated rings. The Morgan fingerprint density at radius 1 is 1.00 bits per heavy atom. The van der Waals surface area contributed by atoms with Crippen LogP contribution in [-0.2, 0) is 4.74 Å². The molecule has 0 unspecified atom stereocenters. The first-order chi connectivity index (χ1) is 16.1. The summed E-state index contributed by atoms with van der Waals surface area (Å²) in [7, 11) is 0. The molecule has 0 radical (unpaired) electrons. The highest BCUT2D eigenvalue weighted by Gasteiger charge is 2.34. The average molecular weight is 440 g/mol. The van der Waals surface area contributed by atoms with Crippen LogP contribution in [0.2, 0.25) is 0 Å². The Labute approximate surface area is 188 Å². The van der Waals surface area contributed by atoms with Crippen LogP contribution < -0.4 is 15.3 Å². The van der Waals surface area contributed by atoms with Gasteiger partial charge in [-0.05, 0) is 12.1 Å². The monoisotopic (exact) mass is 440 g/mol. The van der Waals surface area contributed by atoms with Crippen molar-refractivity contribution < 1.29 is 24.0 Å². The number of aromatic nitrogens is 1. The molecule has 2 aliphatic rings. The lowest BCUT2D eigenvalue weighted by Crippen LogP contribution is -2.36. The maximum absolute atomic E-state index is 13.6. The standard InChI is InChI=1S/C25H19N3O5/c29-23-14-5-1-2-6-15(14)24-21-20(23)18(26-17-8-4-3-7-16(17)25(30)31)13-19(22(21)27-33-24)28-9-11-32-12-10-28/h1-8,13,26H,9-12H2,(H,30,31)/p-1. The number of ether oxygens (including phenoxy) is 1. The van der Waals surface area contributed by atoms with E-state index in [2.05, 4.69) is 15.4 Å². The quantitative estimate of drug-likeness (QED) is 0.455. The molecule has 1 aromatic heterocycles. The van der Waals surface area contributed by atoms with Gasteiger partial charge >= 0.3 is 0 Å². The lowest BCUT2D eigenvalue weighted by Gasteiger charge is -2.30. The van der Waals surface area contributed by atoms with Crippen LogP contribution in [0, 0.1) is 0 Å². The zero-order chi connectivity index (χ0) is 22.5. The number of carbonyl (C=O) groups excluding carboxylic acids is 2. The van der Waals surface area contributed by atoms with E-state index in [-0.39, 0.29) is 11.3 Å². The molecule has 164 valence electrons. The van der Waals surface area contributed by atoms with Crippen molar-refractivity contribution in [1.82, 2.24) is 5.16 Å². The van der Waals surface area contributed by atoms with Crippen LogP contribution in [0.3, 0.4) is 0 Å². The molecule has 0 saturated carbocycles. The molecule has 1 aliphatic carbocycles. The van der Waals surface area contributed by atoms with E-state index >= 15 is 0 Å². The summed E-state index contributed by atoms with van der Waals surface area (Å²) in [6.45, 7) is 2.48. The van der Waals surface area contributed by atoms with Crippen molar-refractivity contribution in [3.8, 4) is 11.3 Å². The first kappa shape index (κ1) is 19.5. The molecule has 4 aromatic rings. The van der Waals surface area contributed by atoms with E-state index in [9.17, 15) is 14.7 Å². The van der Waals surface area contributed by atoms with E-state index in [0.717, 1.165) is 5.69 Å². The number of aromatic carboxylic acids is 1. The van der Waals surface area contributed by atoms with Gasteiger partial charge in [-0.2, -0.15) is 0 Å². The number of ketones is 1. The van der Waals surface area contributed by atoms with Gasteiger partial charge in [0.2, 0.25) is 0 Å². The zero-order valence-corrected chi connectivity index (χ0v) is 17.5. The van der Waals surface area contributed by atoms with Gasteiger partial charge in [0, 0.05) is 35.5 Å². The van der Waals surface area contributed by atoms with E-state index in [1.54, 1.807) is 30.3 Å². The lowest BCUT2D eigenvalue weighted by atomic mass is 9.86. The third-order valence-electron chi connectivity index (χ3n) is 6.15. The van der Waals surface area contributed by atoms with Gasteiger partial charge < -0.3 is 29.4 Å². The fourth-order valence-corrected chi connectivity index (χ4v) is 4.60. The van der Waals surface area contributed by atoms with E-state index in [4.69, 9.17) is 9.26 Å². The number of fused-ring (bicyclic) bond motifs is 2. The Kier molecular flexibility index (Phi) is 4.41. The third-order valence-corrected chi connectivity index (χ3v) is 6.15. The molecule has 8 nitrogen and oxygen atoms in total. The number of morpholine rings is 1. The summed E-state index contributed by atoms with van der Waals surface area (Å²) in [5, 5.41) is 19.8. The molecule has 1 saturated heterocycles. The second-order valence-corrected chi connectivity index (χ2v) is 7.99. The number of carbonyl (C=O) groups is 2. The number of nitrogens with one attached hydrogen (secondary N) is 1. The number of nitrogens with zero attached hydrogens (tertiary/aromatic N) is 2. The van der Waals surface area contributed by atoms with Gasteiger partial charge in [-0.25, -0.2) is 0 Å². The lowest BCUT2D eigenvalue weighted by molar-refractivity contribution is -0.254. The predicted octanol–water partition coefficient (Wildman–Crippen LogP) is 2.98. The van der Waals surface area contributed by atoms with E-state index in [0.29, 0.717) is 71.0 Å². The number of rotatable bonds is 4. The number of carboxylic acid groups (broad SMARTS) is 1. The van der Waals surface area contributed by atoms with Crippen molar-refractivity contribution in [1.29, 1.82) is 0 Å². The summed E-state index contributed by atoms with van der Waals surface area (Å²) in [5.74, 6) is -0.946. The number of anilines is 3. The van der Waals surface area contributed by atoms with Gasteiger partial charge in [-0.3, -0.25) is 4.79 Å². The van der Waals surface area contributed by atoms with E-state index in [1.165, 1.54) is 6.07 Å². The fourth-order valence-electron chi connectivity index (χ4n) is 4.60. The van der Waals surface area contributed by atoms with Crippen molar-refractivity contribution >= 4 is 39.7 Å². The Morgan fingerprint density at radius 3 is 2.52 bits per heavy atom. The third kappa shape index (κ3) is 2.99. The van der Waals surface area contributed by atoms with E-state index in [1.807, 2.05) is 18.2 Å². The van der Waals surface area contributed by atoms with Gasteiger partial charge in [0.15, 0.2) is 11.5 Å². The molecule has 2 heterocycles. The molecular formula is C25H18N3O5-. The minimum Gasteiger partial charge on any atom is -0.545 e. The fraction of sp³-hybridized carbons (Fsp3) is 0.160. The molecular weight excluding hydrogens is 422 g/mol. The van der Waals surface area contributed by atoms with Gasteiger partial charge in [0.25, 0.3) is 0 Å². The smallest absolute Gasteiger partial charge is 0.196 e. The normalized spacial score (nSPS) is 14.9. The summed E-state index contributed by atoms with van der Waals surface area (Å²) in [6, 6.07) is 15.6. The number of benzene rings is 3. The summed E-state index contributed by atoms with van der Waals surface area (Å²) in [4.78, 5) is 27.5. The van der Waals surface area contributed by atoms with Crippen LogP contribution in [0.15, 0.2) is 59.1 Å². The molecule has 0 spiro atoms. The average Bonchev–Trinajstić information content (AvgIpc) is 3.29. The molecule has 0 amide bonds. The Bertz CT molecular complexity index is 1440. The Morgan fingerprint density at radius 2 is 1.73 bits per heavy atom. The van der Waals surface area contributed by atoms with Crippen LogP contribution in [0.25, 0.3) is 22.2 Å². The first-order valence-electron chi connectivity index (χ1n) is 10.6. The largest absolute Gasteiger partial charge is 0.545 e. The van der Waals surface area contributed by atoms with Crippen LogP contribution in [-0.4, -0.2) is 43.2 Å². The first-order valence-corrected chi connectivity index (χ1v) is 10.6. The van der Waals surface area contributed by atoms with Crippen molar-refractivity contribution in [3.05, 3.63) is 71.3 Å². The molecule has 0 atom stereocenters. The van der Waals surface area contributed by atoms with Gasteiger partial charge in [0.05, 0.1) is 41.5 Å². The van der Waals surface area contributed by atoms with Crippen molar-refractivity contribution in [3.63, 3.8) is 0 Å². The molecule has 33 heavy (non-hydrogen) atoms. The summed E-state index contributed by atoms with van der Waals surface area (Å²) < 4.78 is 11.3. The second-order valence-electron chi connectivity index (χ2n) is 7.99. The van der Waals surface area contributed by atoms with E-state index < -0.39 is 5.97 Å². The Balaban J connectivity index is 1.62. The minimum atomic E-state index is -1.30. The highest BCUT2D eigenvalue weighted by Crippen LogP contribution is 2.46. The SMILES string of the molecule is O=C([O-])c1ccccc1Nc1cc(N2CCOCC2)c2noc3c2c1C(=O)c1ccccc1-3. The van der Waals surface area contributed by atoms with Crippen LogP contribution in [0.5, 0.6) is 0 Å². The molecule has 8 heteroatoms. The summed E-state index contributed by atoms with van der Waals surface area (Å²) in [5.41, 5.74) is 3.84. The molecule has 1 aliphatic heterocycles. The maximum Gasteiger partial charge on any atom is 0.196 e. The van der Waals surface area contributed by atoms with Gasteiger partial charge in [-0.15, -0.1) is 0 Å². The number of para-hydroxylation sites is 1. The molecule has 3 aromatic carbocycles. The minimum absolute atomic E-state index is 0.00641. The number of carboxylic acids is 1. The highest BCUT2D eigenvalue weighted by atomic mass is 16.5. The molecule has 1 N–H and O–H groups in total. The number of hydrogen-bond donors (Lipinski definition) is 1. The van der Waals surface area contributed by atoms with Crippen molar-refractivity contribution in [2.24, 2.45) is 0 Å². The van der Waals surface area contributed by atoms with Crippen LogP contribution in [0.4, 0.5) is 17.1 Å².